The largest absolute Gasteiger partial charge is 0.371 e. The Hall–Kier alpha value is -2.22. The van der Waals surface area contributed by atoms with Crippen molar-refractivity contribution in [1.29, 1.82) is 0 Å². The van der Waals surface area contributed by atoms with Crippen molar-refractivity contribution in [3.63, 3.8) is 0 Å². The highest BCUT2D eigenvalue weighted by atomic mass is 15.2. The van der Waals surface area contributed by atoms with Crippen LogP contribution in [0.4, 0.5) is 5.69 Å². The molecule has 1 aliphatic rings. The Balaban J connectivity index is 2.12. The molecule has 0 N–H and O–H groups in total. The van der Waals surface area contributed by atoms with Gasteiger partial charge in [0.15, 0.2) is 0 Å². The smallest absolute Gasteiger partial charge is 0.0727 e. The molecular weight excluding hydrogens is 280 g/mol. The summed E-state index contributed by atoms with van der Waals surface area (Å²) in [6.45, 7) is 8.89. The van der Waals surface area contributed by atoms with Gasteiger partial charge in [-0.3, -0.25) is 0 Å². The van der Waals surface area contributed by atoms with Gasteiger partial charge in [-0.05, 0) is 48.6 Å². The molecule has 3 aromatic rings. The van der Waals surface area contributed by atoms with E-state index in [0.29, 0.717) is 0 Å². The average molecular weight is 304 g/mol. The Morgan fingerprint density at radius 2 is 1.74 bits per heavy atom. The lowest BCUT2D eigenvalue weighted by atomic mass is 9.89. The van der Waals surface area contributed by atoms with Crippen molar-refractivity contribution in [2.24, 2.45) is 0 Å². The van der Waals surface area contributed by atoms with Crippen molar-refractivity contribution < 1.29 is 0 Å². The van der Waals surface area contributed by atoms with Crippen molar-refractivity contribution >= 4 is 16.6 Å². The molecule has 1 aliphatic heterocycles. The average Bonchev–Trinajstić information content (AvgIpc) is 2.97. The Morgan fingerprint density at radius 1 is 1.00 bits per heavy atom. The summed E-state index contributed by atoms with van der Waals surface area (Å²) >= 11 is 0. The molecule has 0 radical (unpaired) electrons. The molecule has 0 bridgehead atoms. The van der Waals surface area contributed by atoms with Gasteiger partial charge in [0.05, 0.1) is 11.2 Å². The number of benzene rings is 2. The number of hydrogen-bond donors (Lipinski definition) is 0. The lowest BCUT2D eigenvalue weighted by Gasteiger charge is -2.31. The zero-order valence-electron chi connectivity index (χ0n) is 14.5. The normalized spacial score (nSPS) is 13.8. The molecule has 2 heterocycles. The summed E-state index contributed by atoms with van der Waals surface area (Å²) in [5.41, 5.74) is 9.84. The molecule has 2 aromatic carbocycles. The SMILES string of the molecule is CCc1c(C)c2c3c(ccn3CCN2C)c1-c1ccc(C)cc1. The number of likely N-dealkylation sites (N-methyl/N-ethyl adjacent to an activating group) is 1. The summed E-state index contributed by atoms with van der Waals surface area (Å²) in [6.07, 6.45) is 3.33. The van der Waals surface area contributed by atoms with Crippen LogP contribution < -0.4 is 4.90 Å². The van der Waals surface area contributed by atoms with Gasteiger partial charge in [0.25, 0.3) is 0 Å². The Labute approximate surface area is 138 Å². The van der Waals surface area contributed by atoms with E-state index >= 15 is 0 Å². The molecular formula is C21H24N2. The van der Waals surface area contributed by atoms with Gasteiger partial charge >= 0.3 is 0 Å². The maximum atomic E-state index is 2.43. The quantitative estimate of drug-likeness (QED) is 0.651. The molecule has 0 unspecified atom stereocenters. The third kappa shape index (κ3) is 2.01. The van der Waals surface area contributed by atoms with Crippen molar-refractivity contribution in [3.05, 3.63) is 53.2 Å². The number of nitrogens with zero attached hydrogens (tertiary/aromatic N) is 2. The number of rotatable bonds is 2. The van der Waals surface area contributed by atoms with Gasteiger partial charge < -0.3 is 9.47 Å². The standard InChI is InChI=1S/C21H24N2/c1-5-17-15(3)20-21-18(10-11-23(21)13-12-22(20)4)19(17)16-8-6-14(2)7-9-16/h6-11H,5,12-13H2,1-4H3. The Bertz CT molecular complexity index is 885. The fourth-order valence-corrected chi connectivity index (χ4v) is 4.12. The van der Waals surface area contributed by atoms with Crippen LogP contribution in [0.3, 0.4) is 0 Å². The highest BCUT2D eigenvalue weighted by Crippen LogP contribution is 2.43. The second-order valence-corrected chi connectivity index (χ2v) is 6.74. The zero-order valence-corrected chi connectivity index (χ0v) is 14.5. The lowest BCUT2D eigenvalue weighted by Crippen LogP contribution is -2.28. The van der Waals surface area contributed by atoms with Crippen molar-refractivity contribution in [1.82, 2.24) is 4.57 Å². The monoisotopic (exact) mass is 304 g/mol. The van der Waals surface area contributed by atoms with Crippen LogP contribution in [0.2, 0.25) is 0 Å². The van der Waals surface area contributed by atoms with Gasteiger partial charge in [-0.15, -0.1) is 0 Å². The molecule has 4 rings (SSSR count). The van der Waals surface area contributed by atoms with Crippen LogP contribution in [0.1, 0.15) is 23.6 Å². The van der Waals surface area contributed by atoms with Crippen molar-refractivity contribution in [3.8, 4) is 11.1 Å². The summed E-state index contributed by atoms with van der Waals surface area (Å²) in [5, 5.41) is 1.40. The molecule has 2 heteroatoms. The summed E-state index contributed by atoms with van der Waals surface area (Å²) in [7, 11) is 2.23. The van der Waals surface area contributed by atoms with Crippen LogP contribution in [0.15, 0.2) is 36.5 Å². The van der Waals surface area contributed by atoms with Crippen LogP contribution in [0, 0.1) is 13.8 Å². The van der Waals surface area contributed by atoms with Crippen LogP contribution in [-0.4, -0.2) is 18.2 Å². The van der Waals surface area contributed by atoms with E-state index in [2.05, 4.69) is 73.8 Å². The highest BCUT2D eigenvalue weighted by molar-refractivity contribution is 6.06. The van der Waals surface area contributed by atoms with Crippen LogP contribution in [0.25, 0.3) is 22.0 Å². The van der Waals surface area contributed by atoms with E-state index in [1.807, 2.05) is 0 Å². The van der Waals surface area contributed by atoms with Gasteiger partial charge in [0, 0.05) is 31.7 Å². The maximum absolute atomic E-state index is 2.43. The molecule has 2 nitrogen and oxygen atoms in total. The molecule has 0 saturated carbocycles. The molecule has 0 atom stereocenters. The summed E-state index contributed by atoms with van der Waals surface area (Å²) in [6, 6.07) is 11.3. The summed E-state index contributed by atoms with van der Waals surface area (Å²) < 4.78 is 2.43. The third-order valence-corrected chi connectivity index (χ3v) is 5.32. The number of aryl methyl sites for hydroxylation is 1. The van der Waals surface area contributed by atoms with E-state index in [9.17, 15) is 0 Å². The van der Waals surface area contributed by atoms with Crippen LogP contribution in [0.5, 0.6) is 0 Å². The Kier molecular flexibility index (Phi) is 3.22. The molecule has 0 spiro atoms. The number of anilines is 1. The predicted molar refractivity (Wildman–Crippen MR) is 99.5 cm³/mol. The minimum atomic E-state index is 1.07. The topological polar surface area (TPSA) is 8.17 Å². The number of aromatic nitrogens is 1. The molecule has 118 valence electrons. The van der Waals surface area contributed by atoms with Crippen molar-refractivity contribution in [2.45, 2.75) is 33.7 Å². The maximum Gasteiger partial charge on any atom is 0.0727 e. The van der Waals surface area contributed by atoms with Gasteiger partial charge in [-0.1, -0.05) is 36.8 Å². The van der Waals surface area contributed by atoms with Crippen LogP contribution >= 0.6 is 0 Å². The second-order valence-electron chi connectivity index (χ2n) is 6.74. The first-order valence-electron chi connectivity index (χ1n) is 8.54. The van der Waals surface area contributed by atoms with Gasteiger partial charge in [-0.2, -0.15) is 0 Å². The first-order valence-corrected chi connectivity index (χ1v) is 8.54. The molecule has 0 saturated heterocycles. The van der Waals surface area contributed by atoms with E-state index in [4.69, 9.17) is 0 Å². The Morgan fingerprint density at radius 3 is 2.43 bits per heavy atom. The molecule has 0 amide bonds. The number of hydrogen-bond acceptors (Lipinski definition) is 1. The summed E-state index contributed by atoms with van der Waals surface area (Å²) in [5.74, 6) is 0. The zero-order chi connectivity index (χ0) is 16.1. The molecule has 0 fully saturated rings. The first kappa shape index (κ1) is 14.4. The highest BCUT2D eigenvalue weighted by Gasteiger charge is 2.24. The fraction of sp³-hybridized carbons (Fsp3) is 0.333. The molecule has 1 aromatic heterocycles. The second kappa shape index (κ2) is 5.16. The van der Waals surface area contributed by atoms with Gasteiger partial charge in [0.1, 0.15) is 0 Å². The minimum Gasteiger partial charge on any atom is -0.371 e. The lowest BCUT2D eigenvalue weighted by molar-refractivity contribution is 0.683. The predicted octanol–water partition coefficient (Wildman–Crippen LogP) is 4.94. The van der Waals surface area contributed by atoms with Crippen LogP contribution in [-0.2, 0) is 13.0 Å². The van der Waals surface area contributed by atoms with E-state index in [1.165, 1.54) is 44.4 Å². The van der Waals surface area contributed by atoms with Gasteiger partial charge in [-0.25, -0.2) is 0 Å². The van der Waals surface area contributed by atoms with Gasteiger partial charge in [0.2, 0.25) is 0 Å². The van der Waals surface area contributed by atoms with Crippen molar-refractivity contribution in [2.75, 3.05) is 18.5 Å². The third-order valence-electron chi connectivity index (χ3n) is 5.32. The molecule has 23 heavy (non-hydrogen) atoms. The van der Waals surface area contributed by atoms with E-state index in [0.717, 1.165) is 19.5 Å². The van der Waals surface area contributed by atoms with E-state index in [-0.39, 0.29) is 0 Å². The van der Waals surface area contributed by atoms with E-state index in [1.54, 1.807) is 0 Å². The first-order chi connectivity index (χ1) is 11.1. The fourth-order valence-electron chi connectivity index (χ4n) is 4.12. The summed E-state index contributed by atoms with van der Waals surface area (Å²) in [4.78, 5) is 2.43. The minimum absolute atomic E-state index is 1.07. The van der Waals surface area contributed by atoms with E-state index < -0.39 is 0 Å². The molecule has 0 aliphatic carbocycles.